The van der Waals surface area contributed by atoms with Crippen molar-refractivity contribution in [3.05, 3.63) is 101 Å². The number of hydrogen-bond donors (Lipinski definition) is 0. The highest BCUT2D eigenvalue weighted by atomic mass is 19.1. The lowest BCUT2D eigenvalue weighted by molar-refractivity contribution is -0.104. The van der Waals surface area contributed by atoms with Crippen molar-refractivity contribution in [1.82, 2.24) is 19.7 Å². The summed E-state index contributed by atoms with van der Waals surface area (Å²) >= 11 is 0. The normalized spacial score (nSPS) is 14.4. The maximum atomic E-state index is 14.5. The fourth-order valence-electron chi connectivity index (χ4n) is 4.90. The topological polar surface area (TPSA) is 85.5 Å². The lowest BCUT2D eigenvalue weighted by atomic mass is 10.0. The van der Waals surface area contributed by atoms with Crippen LogP contribution in [-0.4, -0.2) is 45.9 Å². The van der Waals surface area contributed by atoms with Crippen molar-refractivity contribution in [3.8, 4) is 5.69 Å². The molecule has 1 saturated carbocycles. The van der Waals surface area contributed by atoms with Gasteiger partial charge in [0, 0.05) is 48.7 Å². The van der Waals surface area contributed by atoms with Gasteiger partial charge in [-0.25, -0.2) is 19.0 Å². The number of methoxy groups -OCH3 is 1. The van der Waals surface area contributed by atoms with Crippen molar-refractivity contribution in [2.24, 2.45) is 10.9 Å². The second-order valence-electron chi connectivity index (χ2n) is 11.4. The Kier molecular flexibility index (Phi) is 12.5. The number of aldehydes is 1. The number of benzene rings is 1. The molecule has 0 spiro atoms. The highest BCUT2D eigenvalue weighted by molar-refractivity contribution is 6.25. The zero-order chi connectivity index (χ0) is 34.0. The third-order valence-corrected chi connectivity index (χ3v) is 7.40. The Labute approximate surface area is 273 Å². The van der Waals surface area contributed by atoms with Gasteiger partial charge in [-0.3, -0.25) is 9.79 Å². The predicted molar refractivity (Wildman–Crippen MR) is 187 cm³/mol. The molecule has 0 radical (unpaired) electrons. The van der Waals surface area contributed by atoms with Gasteiger partial charge in [0.2, 0.25) is 0 Å². The number of allylic oxidation sites excluding steroid dienone is 5. The van der Waals surface area contributed by atoms with E-state index in [9.17, 15) is 9.18 Å². The van der Waals surface area contributed by atoms with Gasteiger partial charge >= 0.3 is 0 Å². The molecule has 1 aliphatic carbocycles. The molecule has 244 valence electrons. The van der Waals surface area contributed by atoms with Crippen molar-refractivity contribution in [3.63, 3.8) is 0 Å². The number of ether oxygens (including phenoxy) is 1. The molecule has 3 aromatic rings. The summed E-state index contributed by atoms with van der Waals surface area (Å²) in [5, 5.41) is 4.49. The summed E-state index contributed by atoms with van der Waals surface area (Å²) in [4.78, 5) is 28.2. The molecular weight excluding hydrogens is 579 g/mol. The molecule has 0 saturated heterocycles. The molecule has 1 aliphatic rings. The number of carbonyl (C=O) groups is 1. The lowest BCUT2D eigenvalue weighted by Gasteiger charge is -2.22. The predicted octanol–water partition coefficient (Wildman–Crippen LogP) is 8.37. The van der Waals surface area contributed by atoms with E-state index in [0.29, 0.717) is 46.7 Å². The van der Waals surface area contributed by atoms with Gasteiger partial charge in [0.05, 0.1) is 29.8 Å². The first-order valence-electron chi connectivity index (χ1n) is 15.7. The van der Waals surface area contributed by atoms with Crippen molar-refractivity contribution in [2.75, 3.05) is 19.1 Å². The molecule has 0 unspecified atom stereocenters. The summed E-state index contributed by atoms with van der Waals surface area (Å²) in [7, 11) is 3.58. The Hall–Kier alpha value is -4.66. The number of hydrogen-bond acceptors (Lipinski definition) is 7. The van der Waals surface area contributed by atoms with E-state index in [2.05, 4.69) is 16.7 Å². The van der Waals surface area contributed by atoms with E-state index in [1.807, 2.05) is 76.9 Å². The van der Waals surface area contributed by atoms with Crippen LogP contribution < -0.4 is 4.90 Å². The molecular formula is C37H47FN6O2. The minimum Gasteiger partial charge on any atom is -0.501 e. The van der Waals surface area contributed by atoms with Gasteiger partial charge in [-0.15, -0.1) is 0 Å². The van der Waals surface area contributed by atoms with Gasteiger partial charge < -0.3 is 9.64 Å². The Morgan fingerprint density at radius 2 is 1.91 bits per heavy atom. The van der Waals surface area contributed by atoms with Crippen LogP contribution in [0.5, 0.6) is 0 Å². The van der Waals surface area contributed by atoms with E-state index in [-0.39, 0.29) is 0 Å². The van der Waals surface area contributed by atoms with Crippen LogP contribution in [0.4, 0.5) is 10.2 Å². The number of carbonyl (C=O) groups excluding carboxylic acids is 1. The molecule has 1 fully saturated rings. The molecule has 0 N–H and O–H groups in total. The van der Waals surface area contributed by atoms with Crippen LogP contribution in [0.1, 0.15) is 82.7 Å². The van der Waals surface area contributed by atoms with Gasteiger partial charge in [-0.2, -0.15) is 5.10 Å². The van der Waals surface area contributed by atoms with Crippen LogP contribution in [0.15, 0.2) is 77.8 Å². The number of aryl methyl sites for hydroxylation is 1. The number of anilines is 1. The first kappa shape index (κ1) is 35.8. The molecule has 2 aromatic heterocycles. The summed E-state index contributed by atoms with van der Waals surface area (Å²) in [6.45, 7) is 17.0. The Bertz CT molecular complexity index is 1640. The van der Waals surface area contributed by atoms with Gasteiger partial charge in [0.15, 0.2) is 5.82 Å². The Morgan fingerprint density at radius 3 is 2.43 bits per heavy atom. The molecule has 8 nitrogen and oxygen atoms in total. The number of alkyl halides is 1. The van der Waals surface area contributed by atoms with E-state index in [1.54, 1.807) is 42.4 Å². The lowest BCUT2D eigenvalue weighted by Crippen LogP contribution is -2.21. The van der Waals surface area contributed by atoms with Crippen LogP contribution in [0.2, 0.25) is 0 Å². The molecule has 1 aromatic carbocycles. The minimum atomic E-state index is -1.52. The van der Waals surface area contributed by atoms with Crippen molar-refractivity contribution >= 4 is 29.5 Å². The highest BCUT2D eigenvalue weighted by Gasteiger charge is 2.33. The summed E-state index contributed by atoms with van der Waals surface area (Å²) in [5.74, 6) is 2.11. The third-order valence-electron chi connectivity index (χ3n) is 7.40. The number of aromatic nitrogens is 4. The van der Waals surface area contributed by atoms with E-state index >= 15 is 0 Å². The highest BCUT2D eigenvalue weighted by Crippen LogP contribution is 2.37. The fourth-order valence-corrected chi connectivity index (χ4v) is 4.90. The van der Waals surface area contributed by atoms with E-state index in [0.717, 1.165) is 47.4 Å². The Balaban J connectivity index is 0.00000282. The average molecular weight is 627 g/mol. The van der Waals surface area contributed by atoms with Crippen LogP contribution in [0.25, 0.3) is 17.3 Å². The van der Waals surface area contributed by atoms with Crippen LogP contribution in [0, 0.1) is 12.8 Å². The largest absolute Gasteiger partial charge is 0.501 e. The molecule has 0 atom stereocenters. The van der Waals surface area contributed by atoms with E-state index < -0.39 is 5.67 Å². The second-order valence-corrected chi connectivity index (χ2v) is 11.4. The molecule has 46 heavy (non-hydrogen) atoms. The van der Waals surface area contributed by atoms with Gasteiger partial charge in [0.1, 0.15) is 23.5 Å². The maximum absolute atomic E-state index is 14.5. The van der Waals surface area contributed by atoms with Gasteiger partial charge in [-0.05, 0) is 77.3 Å². The standard InChI is InChI=1S/C35H41FN6O2.C2H6/c1-9-11-26(22-43)19-28-20-38-33(31(24(4)44-8)32(37-10-2)27-14-15-27)39-34(28)41(7)21-25-12-16-29(17-13-25)42-23(3)18-30(40-42)35(5,6)36;1-2/h9-13,16-20,22,27H,2,14-15,21H2,1,3-8H3;1-2H3/b11-9+,26-19-,31-24-,37-32?;. The van der Waals surface area contributed by atoms with E-state index in [1.165, 1.54) is 13.8 Å². The minimum absolute atomic E-state index is 0.304. The number of halogens is 1. The summed E-state index contributed by atoms with van der Waals surface area (Å²) < 4.78 is 21.9. The zero-order valence-electron chi connectivity index (χ0n) is 28.6. The van der Waals surface area contributed by atoms with Crippen LogP contribution in [0.3, 0.4) is 0 Å². The summed E-state index contributed by atoms with van der Waals surface area (Å²) in [6.07, 6.45) is 11.5. The number of rotatable bonds is 13. The molecule has 0 bridgehead atoms. The fraction of sp³-hybridized carbons (Fsp3) is 0.378. The molecule has 9 heteroatoms. The van der Waals surface area contributed by atoms with Crippen LogP contribution >= 0.6 is 0 Å². The molecule has 4 rings (SSSR count). The zero-order valence-corrected chi connectivity index (χ0v) is 28.6. The average Bonchev–Trinajstić information content (AvgIpc) is 3.81. The Morgan fingerprint density at radius 1 is 1.24 bits per heavy atom. The summed E-state index contributed by atoms with van der Waals surface area (Å²) in [5.41, 5.74) is 4.42. The first-order chi connectivity index (χ1) is 22.0. The van der Waals surface area contributed by atoms with Gasteiger partial charge in [0.25, 0.3) is 0 Å². The van der Waals surface area contributed by atoms with Gasteiger partial charge in [-0.1, -0.05) is 44.7 Å². The van der Waals surface area contributed by atoms with Crippen molar-refractivity contribution < 1.29 is 13.9 Å². The quantitative estimate of drug-likeness (QED) is 0.0623. The van der Waals surface area contributed by atoms with Crippen molar-refractivity contribution in [2.45, 2.75) is 73.5 Å². The second kappa shape index (κ2) is 16.1. The first-order valence-corrected chi connectivity index (χ1v) is 15.7. The summed E-state index contributed by atoms with van der Waals surface area (Å²) in [6, 6.07) is 9.75. The third kappa shape index (κ3) is 8.74. The smallest absolute Gasteiger partial charge is 0.166 e. The maximum Gasteiger partial charge on any atom is 0.166 e. The van der Waals surface area contributed by atoms with Crippen molar-refractivity contribution in [1.29, 1.82) is 0 Å². The monoisotopic (exact) mass is 626 g/mol. The SMILES string of the molecule is C=CN=C(/C(=C(\C)OC)c1ncc(/C=C(C=O)/C=C/C)c(N(C)Cc2ccc(-n3nc(C(C)(C)F)cc3C)cc2)n1)C1CC1.CC. The molecule has 0 aliphatic heterocycles. The number of aliphatic imine (C=N–C) groups is 1. The van der Waals surface area contributed by atoms with Crippen LogP contribution in [-0.2, 0) is 21.7 Å². The number of nitrogens with zero attached hydrogens (tertiary/aromatic N) is 6. The van der Waals surface area contributed by atoms with E-state index in [4.69, 9.17) is 14.7 Å². The molecule has 0 amide bonds. The molecule has 2 heterocycles.